The van der Waals surface area contributed by atoms with Crippen molar-refractivity contribution in [3.8, 4) is 0 Å². The van der Waals surface area contributed by atoms with Crippen LogP contribution >= 0.6 is 0 Å². The number of carbonyl (C=O) groups is 2. The van der Waals surface area contributed by atoms with Gasteiger partial charge in [0.15, 0.2) is 0 Å². The highest BCUT2D eigenvalue weighted by molar-refractivity contribution is 5.99. The number of carbonyl (C=O) groups excluding carboxylic acids is 1. The topological polar surface area (TPSA) is 92.9 Å². The van der Waals surface area contributed by atoms with Gasteiger partial charge in [-0.2, -0.15) is 0 Å². The Labute approximate surface area is 114 Å². The molecule has 1 aromatic rings. The van der Waals surface area contributed by atoms with E-state index in [9.17, 15) is 14.0 Å². The first-order chi connectivity index (χ1) is 9.43. The maximum absolute atomic E-state index is 13.7. The van der Waals surface area contributed by atoms with Crippen LogP contribution in [0.3, 0.4) is 0 Å². The fourth-order valence-corrected chi connectivity index (χ4v) is 2.39. The van der Waals surface area contributed by atoms with Gasteiger partial charge in [-0.05, 0) is 12.1 Å². The smallest absolute Gasteiger partial charge is 0.311 e. The van der Waals surface area contributed by atoms with Gasteiger partial charge in [-0.25, -0.2) is 4.39 Å². The van der Waals surface area contributed by atoms with E-state index in [-0.39, 0.29) is 24.5 Å². The van der Waals surface area contributed by atoms with Gasteiger partial charge in [0.1, 0.15) is 11.7 Å². The van der Waals surface area contributed by atoms with Crippen LogP contribution in [0.15, 0.2) is 18.2 Å². The average Bonchev–Trinajstić information content (AvgIpc) is 2.86. The van der Waals surface area contributed by atoms with E-state index in [1.807, 2.05) is 0 Å². The minimum absolute atomic E-state index is 0.0888. The molecule has 7 heteroatoms. The molecule has 3 N–H and O–H groups in total. The molecule has 0 aliphatic carbocycles. The minimum Gasteiger partial charge on any atom is -0.481 e. The molecule has 0 radical (unpaired) electrons. The van der Waals surface area contributed by atoms with Crippen molar-refractivity contribution in [1.29, 1.82) is 0 Å². The molecule has 20 heavy (non-hydrogen) atoms. The first-order valence-corrected chi connectivity index (χ1v) is 6.05. The van der Waals surface area contributed by atoms with Gasteiger partial charge < -0.3 is 20.5 Å². The summed E-state index contributed by atoms with van der Waals surface area (Å²) in [5.74, 6) is -3.34. The SMILES string of the molecule is CN(c1cccc(F)c1C(N)=O)C1COCC1C(=O)O. The number of likely N-dealkylation sites (N-methyl/N-ethyl adjacent to an activating group) is 1. The fraction of sp³-hybridized carbons (Fsp3) is 0.385. The standard InChI is InChI=1S/C13H15FN2O4/c1-16(10-6-20-5-7(10)13(18)19)9-4-2-3-8(14)11(9)12(15)17/h2-4,7,10H,5-6H2,1H3,(H2,15,17)(H,18,19). The number of primary amides is 1. The van der Waals surface area contributed by atoms with Crippen LogP contribution in [0.25, 0.3) is 0 Å². The number of carboxylic acids is 1. The lowest BCUT2D eigenvalue weighted by Crippen LogP contribution is -2.41. The van der Waals surface area contributed by atoms with Crippen LogP contribution in [-0.4, -0.2) is 43.3 Å². The first-order valence-electron chi connectivity index (χ1n) is 6.05. The number of hydrogen-bond donors (Lipinski definition) is 2. The summed E-state index contributed by atoms with van der Waals surface area (Å²) in [5, 5.41) is 9.14. The summed E-state index contributed by atoms with van der Waals surface area (Å²) in [7, 11) is 1.59. The number of aliphatic carboxylic acids is 1. The van der Waals surface area contributed by atoms with Crippen molar-refractivity contribution in [1.82, 2.24) is 0 Å². The summed E-state index contributed by atoms with van der Waals surface area (Å²) in [6, 6.07) is 3.63. The maximum Gasteiger partial charge on any atom is 0.311 e. The molecule has 6 nitrogen and oxygen atoms in total. The Morgan fingerprint density at radius 3 is 2.75 bits per heavy atom. The average molecular weight is 282 g/mol. The lowest BCUT2D eigenvalue weighted by Gasteiger charge is -2.29. The second kappa shape index (κ2) is 5.46. The third-order valence-electron chi connectivity index (χ3n) is 3.48. The number of nitrogens with zero attached hydrogens (tertiary/aromatic N) is 1. The second-order valence-electron chi connectivity index (χ2n) is 4.66. The van der Waals surface area contributed by atoms with Gasteiger partial charge in [0.05, 0.1) is 30.5 Å². The largest absolute Gasteiger partial charge is 0.481 e. The second-order valence-corrected chi connectivity index (χ2v) is 4.66. The molecule has 2 unspecified atom stereocenters. The van der Waals surface area contributed by atoms with Gasteiger partial charge in [0, 0.05) is 7.05 Å². The quantitative estimate of drug-likeness (QED) is 0.837. The predicted molar refractivity (Wildman–Crippen MR) is 69.1 cm³/mol. The molecule has 1 fully saturated rings. The Morgan fingerprint density at radius 1 is 1.45 bits per heavy atom. The van der Waals surface area contributed by atoms with Crippen LogP contribution in [0, 0.1) is 11.7 Å². The van der Waals surface area contributed by atoms with Crippen molar-refractivity contribution >= 4 is 17.6 Å². The van der Waals surface area contributed by atoms with Gasteiger partial charge in [0.2, 0.25) is 0 Å². The zero-order valence-electron chi connectivity index (χ0n) is 10.9. The highest BCUT2D eigenvalue weighted by Gasteiger charge is 2.37. The third kappa shape index (κ3) is 2.44. The maximum atomic E-state index is 13.7. The molecule has 1 heterocycles. The van der Waals surface area contributed by atoms with Gasteiger partial charge in [-0.3, -0.25) is 9.59 Å². The van der Waals surface area contributed by atoms with Gasteiger partial charge in [0.25, 0.3) is 5.91 Å². The number of hydrogen-bond acceptors (Lipinski definition) is 4. The Hall–Kier alpha value is -2.15. The van der Waals surface area contributed by atoms with E-state index >= 15 is 0 Å². The Kier molecular flexibility index (Phi) is 3.89. The Bertz CT molecular complexity index is 549. The van der Waals surface area contributed by atoms with Crippen LogP contribution in [0.1, 0.15) is 10.4 Å². The lowest BCUT2D eigenvalue weighted by atomic mass is 10.0. The predicted octanol–water partition coefficient (Wildman–Crippen LogP) is 0.460. The third-order valence-corrected chi connectivity index (χ3v) is 3.48. The van der Waals surface area contributed by atoms with Crippen molar-refractivity contribution in [2.24, 2.45) is 11.7 Å². The molecule has 0 saturated carbocycles. The molecule has 108 valence electrons. The summed E-state index contributed by atoms with van der Waals surface area (Å²) < 4.78 is 18.9. The summed E-state index contributed by atoms with van der Waals surface area (Å²) in [4.78, 5) is 24.1. The first kappa shape index (κ1) is 14.3. The van der Waals surface area contributed by atoms with E-state index in [0.717, 1.165) is 6.07 Å². The van der Waals surface area contributed by atoms with Crippen LogP contribution in [-0.2, 0) is 9.53 Å². The molecule has 1 saturated heterocycles. The Morgan fingerprint density at radius 2 is 2.15 bits per heavy atom. The molecule has 2 rings (SSSR count). The summed E-state index contributed by atoms with van der Waals surface area (Å²) in [6.45, 7) is 0.285. The number of anilines is 1. The van der Waals surface area contributed by atoms with Crippen molar-refractivity contribution in [3.05, 3.63) is 29.6 Å². The van der Waals surface area contributed by atoms with Gasteiger partial charge in [-0.15, -0.1) is 0 Å². The van der Waals surface area contributed by atoms with Crippen LogP contribution in [0.4, 0.5) is 10.1 Å². The molecule has 0 spiro atoms. The lowest BCUT2D eigenvalue weighted by molar-refractivity contribution is -0.141. The number of ether oxygens (including phenoxy) is 1. The van der Waals surface area contributed by atoms with Crippen molar-refractivity contribution in [2.75, 3.05) is 25.2 Å². The number of benzene rings is 1. The Balaban J connectivity index is 2.39. The molecule has 0 bridgehead atoms. The molecule has 1 amide bonds. The minimum atomic E-state index is -0.989. The van der Waals surface area contributed by atoms with Crippen molar-refractivity contribution < 1.29 is 23.8 Å². The summed E-state index contributed by atoms with van der Waals surface area (Å²) >= 11 is 0. The summed E-state index contributed by atoms with van der Waals surface area (Å²) in [6.07, 6.45) is 0. The number of rotatable bonds is 4. The zero-order chi connectivity index (χ0) is 14.9. The molecular formula is C13H15FN2O4. The molecule has 2 atom stereocenters. The molecule has 1 aliphatic rings. The summed E-state index contributed by atoms with van der Waals surface area (Å²) in [5.41, 5.74) is 5.21. The molecule has 1 aliphatic heterocycles. The van der Waals surface area contributed by atoms with Crippen molar-refractivity contribution in [3.63, 3.8) is 0 Å². The van der Waals surface area contributed by atoms with Gasteiger partial charge in [-0.1, -0.05) is 6.07 Å². The van der Waals surface area contributed by atoms with E-state index in [0.29, 0.717) is 0 Å². The van der Waals surface area contributed by atoms with Gasteiger partial charge >= 0.3 is 5.97 Å². The highest BCUT2D eigenvalue weighted by atomic mass is 19.1. The monoisotopic (exact) mass is 282 g/mol. The van der Waals surface area contributed by atoms with Crippen molar-refractivity contribution in [2.45, 2.75) is 6.04 Å². The fourth-order valence-electron chi connectivity index (χ4n) is 2.39. The van der Waals surface area contributed by atoms with E-state index in [1.54, 1.807) is 7.05 Å². The van der Waals surface area contributed by atoms with Crippen LogP contribution in [0.5, 0.6) is 0 Å². The van der Waals surface area contributed by atoms with Crippen LogP contribution < -0.4 is 10.6 Å². The highest BCUT2D eigenvalue weighted by Crippen LogP contribution is 2.28. The normalized spacial score (nSPS) is 21.7. The number of amides is 1. The molecular weight excluding hydrogens is 267 g/mol. The number of halogens is 1. The van der Waals surface area contributed by atoms with E-state index in [4.69, 9.17) is 15.6 Å². The van der Waals surface area contributed by atoms with E-state index < -0.39 is 29.7 Å². The number of carboxylic acid groups (broad SMARTS) is 1. The van der Waals surface area contributed by atoms with E-state index in [1.165, 1.54) is 17.0 Å². The molecule has 0 aromatic heterocycles. The number of nitrogens with two attached hydrogens (primary N) is 1. The molecule has 1 aromatic carbocycles. The van der Waals surface area contributed by atoms with E-state index in [2.05, 4.69) is 0 Å². The zero-order valence-corrected chi connectivity index (χ0v) is 10.9. The van der Waals surface area contributed by atoms with Crippen LogP contribution in [0.2, 0.25) is 0 Å².